The number of aromatic nitrogens is 1. The Kier molecular flexibility index (Phi) is 3.98. The van der Waals surface area contributed by atoms with Crippen LogP contribution in [0, 0.1) is 5.41 Å². The molecule has 1 aromatic rings. The molecule has 0 amide bonds. The van der Waals surface area contributed by atoms with Crippen LogP contribution in [-0.4, -0.2) is 23.4 Å². The maximum Gasteiger partial charge on any atom is 0.148 e. The lowest BCUT2D eigenvalue weighted by Crippen LogP contribution is -2.41. The maximum absolute atomic E-state index is 7.46. The van der Waals surface area contributed by atoms with E-state index < -0.39 is 0 Å². The maximum atomic E-state index is 7.46. The number of pyridine rings is 1. The van der Waals surface area contributed by atoms with Crippen LogP contribution in [-0.2, 0) is 0 Å². The van der Waals surface area contributed by atoms with Gasteiger partial charge in [-0.3, -0.25) is 5.41 Å². The highest BCUT2D eigenvalue weighted by molar-refractivity contribution is 6.36. The highest BCUT2D eigenvalue weighted by Crippen LogP contribution is 2.31. The van der Waals surface area contributed by atoms with Crippen molar-refractivity contribution < 1.29 is 0 Å². The Balaban J connectivity index is 3.24. The van der Waals surface area contributed by atoms with Gasteiger partial charge in [0.05, 0.1) is 5.02 Å². The van der Waals surface area contributed by atoms with Crippen molar-refractivity contribution in [1.82, 2.24) is 4.98 Å². The van der Waals surface area contributed by atoms with E-state index in [9.17, 15) is 0 Å². The lowest BCUT2D eigenvalue weighted by molar-refractivity contribution is 0.467. The van der Waals surface area contributed by atoms with Gasteiger partial charge in [0.25, 0.3) is 0 Å². The Morgan fingerprint density at radius 1 is 1.59 bits per heavy atom. The summed E-state index contributed by atoms with van der Waals surface area (Å²) < 4.78 is 0. The van der Waals surface area contributed by atoms with Gasteiger partial charge in [0.1, 0.15) is 11.7 Å². The largest absolute Gasteiger partial charge is 0.384 e. The van der Waals surface area contributed by atoms with Gasteiger partial charge >= 0.3 is 0 Å². The molecule has 1 rings (SSSR count). The van der Waals surface area contributed by atoms with Crippen LogP contribution in [0.5, 0.6) is 0 Å². The van der Waals surface area contributed by atoms with Crippen molar-refractivity contribution in [3.05, 3.63) is 22.8 Å². The summed E-state index contributed by atoms with van der Waals surface area (Å²) in [5.41, 5.74) is 5.95. The Morgan fingerprint density at radius 3 is 2.65 bits per heavy atom. The van der Waals surface area contributed by atoms with E-state index >= 15 is 0 Å². The van der Waals surface area contributed by atoms with E-state index in [1.54, 1.807) is 12.3 Å². The van der Waals surface area contributed by atoms with Gasteiger partial charge in [0.15, 0.2) is 0 Å². The molecule has 0 saturated carbocycles. The third-order valence-electron chi connectivity index (χ3n) is 3.25. The van der Waals surface area contributed by atoms with Crippen LogP contribution in [0.15, 0.2) is 12.3 Å². The van der Waals surface area contributed by atoms with Gasteiger partial charge in [-0.1, -0.05) is 18.5 Å². The lowest BCUT2D eigenvalue weighted by Gasteiger charge is -2.36. The summed E-state index contributed by atoms with van der Waals surface area (Å²) in [5.74, 6) is 0.618. The second kappa shape index (κ2) is 4.92. The Bertz CT molecular complexity index is 429. The van der Waals surface area contributed by atoms with Crippen LogP contribution in [0.1, 0.15) is 32.8 Å². The number of hydrogen-bond acceptors (Lipinski definition) is 3. The van der Waals surface area contributed by atoms with E-state index in [-0.39, 0.29) is 11.4 Å². The molecule has 4 nitrogen and oxygen atoms in total. The number of anilines is 1. The van der Waals surface area contributed by atoms with Gasteiger partial charge in [-0.15, -0.1) is 0 Å². The molecule has 0 saturated heterocycles. The molecular formula is C12H19ClN4. The molecule has 5 heteroatoms. The minimum absolute atomic E-state index is 0.0404. The second-order valence-electron chi connectivity index (χ2n) is 4.63. The molecule has 0 fully saturated rings. The van der Waals surface area contributed by atoms with E-state index in [4.69, 9.17) is 22.7 Å². The molecule has 0 aliphatic carbocycles. The molecule has 0 aliphatic rings. The molecule has 17 heavy (non-hydrogen) atoms. The summed E-state index contributed by atoms with van der Waals surface area (Å²) in [5, 5.41) is 7.90. The van der Waals surface area contributed by atoms with E-state index in [0.29, 0.717) is 16.4 Å². The van der Waals surface area contributed by atoms with Gasteiger partial charge in [0, 0.05) is 24.3 Å². The number of nitrogen functional groups attached to an aromatic ring is 1. The number of rotatable bonds is 4. The van der Waals surface area contributed by atoms with Crippen molar-refractivity contribution in [2.24, 2.45) is 5.73 Å². The van der Waals surface area contributed by atoms with E-state index in [2.05, 4.69) is 25.8 Å². The highest BCUT2D eigenvalue weighted by atomic mass is 35.5. The summed E-state index contributed by atoms with van der Waals surface area (Å²) in [6, 6.07) is 1.65. The first-order valence-electron chi connectivity index (χ1n) is 5.54. The van der Waals surface area contributed by atoms with Crippen LogP contribution >= 0.6 is 11.6 Å². The predicted octanol–water partition coefficient (Wildman–Crippen LogP) is 2.64. The fraction of sp³-hybridized carbons (Fsp3) is 0.500. The Hall–Kier alpha value is -1.29. The van der Waals surface area contributed by atoms with Gasteiger partial charge < -0.3 is 10.6 Å². The molecule has 0 aliphatic heterocycles. The normalized spacial score (nSPS) is 11.4. The third kappa shape index (κ3) is 2.69. The standard InChI is InChI=1S/C12H19ClN4/c1-5-12(2,3)17(4)11-9(13)8(10(14)15)6-7-16-11/h6-7H,5H2,1-4H3,(H3,14,15). The molecule has 0 atom stereocenters. The molecule has 0 radical (unpaired) electrons. The molecule has 1 heterocycles. The zero-order valence-corrected chi connectivity index (χ0v) is 11.5. The van der Waals surface area contributed by atoms with E-state index in [1.807, 2.05) is 11.9 Å². The summed E-state index contributed by atoms with van der Waals surface area (Å²) in [7, 11) is 1.95. The average molecular weight is 255 g/mol. The number of nitrogens with one attached hydrogen (secondary N) is 1. The van der Waals surface area contributed by atoms with Crippen LogP contribution < -0.4 is 10.6 Å². The molecule has 0 aromatic carbocycles. The fourth-order valence-corrected chi connectivity index (χ4v) is 1.74. The van der Waals surface area contributed by atoms with Crippen LogP contribution in [0.25, 0.3) is 0 Å². The monoisotopic (exact) mass is 254 g/mol. The fourth-order valence-electron chi connectivity index (χ4n) is 1.40. The van der Waals surface area contributed by atoms with Gasteiger partial charge in [-0.2, -0.15) is 0 Å². The molecular weight excluding hydrogens is 236 g/mol. The summed E-state index contributed by atoms with van der Waals surface area (Å²) in [4.78, 5) is 6.29. The van der Waals surface area contributed by atoms with E-state index in [1.165, 1.54) is 0 Å². The van der Waals surface area contributed by atoms with Crippen molar-refractivity contribution in [3.8, 4) is 0 Å². The highest BCUT2D eigenvalue weighted by Gasteiger charge is 2.25. The SMILES string of the molecule is CCC(C)(C)N(C)c1nccc(C(=N)N)c1Cl. The summed E-state index contributed by atoms with van der Waals surface area (Å²) in [6.07, 6.45) is 2.59. The smallest absolute Gasteiger partial charge is 0.148 e. The quantitative estimate of drug-likeness (QED) is 0.641. The minimum atomic E-state index is -0.0496. The molecule has 3 N–H and O–H groups in total. The zero-order chi connectivity index (χ0) is 13.2. The van der Waals surface area contributed by atoms with Gasteiger partial charge in [0.2, 0.25) is 0 Å². The lowest BCUT2D eigenvalue weighted by atomic mass is 10.00. The van der Waals surface area contributed by atoms with Crippen molar-refractivity contribution in [3.63, 3.8) is 0 Å². The molecule has 94 valence electrons. The number of hydrogen-bond donors (Lipinski definition) is 2. The minimum Gasteiger partial charge on any atom is -0.384 e. The van der Waals surface area contributed by atoms with Crippen LogP contribution in [0.3, 0.4) is 0 Å². The first-order chi connectivity index (χ1) is 7.81. The predicted molar refractivity (Wildman–Crippen MR) is 73.0 cm³/mol. The molecule has 0 bridgehead atoms. The first-order valence-corrected chi connectivity index (χ1v) is 5.91. The first kappa shape index (κ1) is 13.8. The Labute approximate surface area is 107 Å². The molecule has 1 aromatic heterocycles. The molecule has 0 spiro atoms. The summed E-state index contributed by atoms with van der Waals surface area (Å²) >= 11 is 6.24. The van der Waals surface area contributed by atoms with Gasteiger partial charge in [-0.05, 0) is 26.3 Å². The van der Waals surface area contributed by atoms with Crippen LogP contribution in [0.4, 0.5) is 5.82 Å². The van der Waals surface area contributed by atoms with Crippen molar-refractivity contribution in [1.29, 1.82) is 5.41 Å². The second-order valence-corrected chi connectivity index (χ2v) is 5.01. The van der Waals surface area contributed by atoms with Crippen molar-refractivity contribution in [2.75, 3.05) is 11.9 Å². The van der Waals surface area contributed by atoms with Crippen molar-refractivity contribution >= 4 is 23.3 Å². The van der Waals surface area contributed by atoms with E-state index in [0.717, 1.165) is 6.42 Å². The third-order valence-corrected chi connectivity index (χ3v) is 3.62. The van der Waals surface area contributed by atoms with Crippen molar-refractivity contribution in [2.45, 2.75) is 32.7 Å². The van der Waals surface area contributed by atoms with Crippen LogP contribution in [0.2, 0.25) is 5.02 Å². The number of nitrogens with two attached hydrogens (primary N) is 1. The summed E-state index contributed by atoms with van der Waals surface area (Å²) in [6.45, 7) is 6.34. The number of nitrogens with zero attached hydrogens (tertiary/aromatic N) is 2. The Morgan fingerprint density at radius 2 is 2.18 bits per heavy atom. The molecule has 0 unspecified atom stereocenters. The average Bonchev–Trinajstić information content (AvgIpc) is 2.28. The zero-order valence-electron chi connectivity index (χ0n) is 10.7. The number of amidine groups is 1. The van der Waals surface area contributed by atoms with Gasteiger partial charge in [-0.25, -0.2) is 4.98 Å². The number of halogens is 1. The topological polar surface area (TPSA) is 66.0 Å².